The molecular weight excluding hydrogens is 470 g/mol. The summed E-state index contributed by atoms with van der Waals surface area (Å²) in [6.45, 7) is 10.1. The molecule has 2 heterocycles. The van der Waals surface area contributed by atoms with Crippen LogP contribution in [0, 0.1) is 0 Å². The molecule has 0 radical (unpaired) electrons. The fraction of sp³-hybridized carbons (Fsp3) is 0.357. The van der Waals surface area contributed by atoms with Gasteiger partial charge in [0.25, 0.3) is 0 Å². The standard InChI is InChI=1S/C28H33N5O2S/c1-6-19(2)20-13-15-21(16-14-20)33(25(34)18-32-23-11-8-7-10-22(23)30-31-32)26(24-12-9-17-36-24)27(35)29-28(3,4)5/h7-17,19,26H,6,18H2,1-5H3,(H,29,35). The number of amides is 2. The Bertz CT molecular complexity index is 1320. The van der Waals surface area contributed by atoms with Crippen molar-refractivity contribution in [2.75, 3.05) is 4.90 Å². The van der Waals surface area contributed by atoms with Crippen LogP contribution in [0.1, 0.15) is 63.4 Å². The van der Waals surface area contributed by atoms with Crippen molar-refractivity contribution in [2.24, 2.45) is 0 Å². The van der Waals surface area contributed by atoms with Gasteiger partial charge in [-0.1, -0.05) is 49.4 Å². The third-order valence-electron chi connectivity index (χ3n) is 6.14. The Morgan fingerprint density at radius 1 is 1.06 bits per heavy atom. The molecule has 4 rings (SSSR count). The SMILES string of the molecule is CCC(C)c1ccc(N(C(=O)Cn2nnc3ccccc32)C(C(=O)NC(C)(C)C)c2cccs2)cc1. The molecule has 2 atom stereocenters. The fourth-order valence-corrected chi connectivity index (χ4v) is 4.95. The van der Waals surface area contributed by atoms with Gasteiger partial charge in [-0.25, -0.2) is 4.68 Å². The summed E-state index contributed by atoms with van der Waals surface area (Å²) in [6.07, 6.45) is 1.02. The molecule has 7 nitrogen and oxygen atoms in total. The lowest BCUT2D eigenvalue weighted by molar-refractivity contribution is -0.127. The van der Waals surface area contributed by atoms with Crippen LogP contribution >= 0.6 is 11.3 Å². The van der Waals surface area contributed by atoms with E-state index in [4.69, 9.17) is 0 Å². The lowest BCUT2D eigenvalue weighted by Crippen LogP contribution is -2.50. The number of para-hydroxylation sites is 1. The summed E-state index contributed by atoms with van der Waals surface area (Å²) >= 11 is 1.46. The summed E-state index contributed by atoms with van der Waals surface area (Å²) in [5.41, 5.74) is 2.89. The van der Waals surface area contributed by atoms with E-state index in [1.54, 1.807) is 9.58 Å². The van der Waals surface area contributed by atoms with Crippen molar-refractivity contribution in [1.29, 1.82) is 0 Å². The molecule has 0 fully saturated rings. The Hall–Kier alpha value is -3.52. The lowest BCUT2D eigenvalue weighted by Gasteiger charge is -2.33. The lowest BCUT2D eigenvalue weighted by atomic mass is 9.98. The Labute approximate surface area is 216 Å². The molecule has 1 N–H and O–H groups in total. The number of hydrogen-bond acceptors (Lipinski definition) is 5. The Morgan fingerprint density at radius 3 is 2.42 bits per heavy atom. The topological polar surface area (TPSA) is 80.1 Å². The van der Waals surface area contributed by atoms with Crippen molar-refractivity contribution in [3.63, 3.8) is 0 Å². The van der Waals surface area contributed by atoms with Gasteiger partial charge in [0.1, 0.15) is 18.1 Å². The van der Waals surface area contributed by atoms with Crippen molar-refractivity contribution in [3.8, 4) is 0 Å². The second-order valence-corrected chi connectivity index (χ2v) is 11.0. The van der Waals surface area contributed by atoms with Crippen molar-refractivity contribution < 1.29 is 9.59 Å². The number of nitrogens with one attached hydrogen (secondary N) is 1. The quantitative estimate of drug-likeness (QED) is 0.335. The largest absolute Gasteiger partial charge is 0.349 e. The summed E-state index contributed by atoms with van der Waals surface area (Å²) in [4.78, 5) is 30.1. The number of carbonyl (C=O) groups is 2. The zero-order valence-electron chi connectivity index (χ0n) is 21.4. The summed E-state index contributed by atoms with van der Waals surface area (Å²) in [5, 5.41) is 13.4. The molecular formula is C28H33N5O2S. The van der Waals surface area contributed by atoms with Crippen molar-refractivity contribution in [1.82, 2.24) is 20.3 Å². The van der Waals surface area contributed by atoms with Crippen LogP contribution in [0.5, 0.6) is 0 Å². The first-order valence-corrected chi connectivity index (χ1v) is 13.1. The highest BCUT2D eigenvalue weighted by molar-refractivity contribution is 7.10. The monoisotopic (exact) mass is 503 g/mol. The normalized spacial score (nSPS) is 13.4. The average molecular weight is 504 g/mol. The number of thiophene rings is 1. The van der Waals surface area contributed by atoms with Crippen LogP contribution in [0.25, 0.3) is 11.0 Å². The number of nitrogens with zero attached hydrogens (tertiary/aromatic N) is 4. The first kappa shape index (κ1) is 25.6. The van der Waals surface area contributed by atoms with Gasteiger partial charge in [0.2, 0.25) is 11.8 Å². The number of carbonyl (C=O) groups excluding carboxylic acids is 2. The fourth-order valence-electron chi connectivity index (χ4n) is 4.13. The minimum atomic E-state index is -0.819. The van der Waals surface area contributed by atoms with E-state index in [1.165, 1.54) is 16.9 Å². The zero-order chi connectivity index (χ0) is 25.9. The highest BCUT2D eigenvalue weighted by Crippen LogP contribution is 2.33. The smallest absolute Gasteiger partial charge is 0.249 e. The molecule has 2 aromatic heterocycles. The van der Waals surface area contributed by atoms with Gasteiger partial charge in [0, 0.05) is 16.1 Å². The highest BCUT2D eigenvalue weighted by atomic mass is 32.1. The van der Waals surface area contributed by atoms with E-state index in [1.807, 2.05) is 86.8 Å². The highest BCUT2D eigenvalue weighted by Gasteiger charge is 2.35. The molecule has 0 bridgehead atoms. The molecule has 0 spiro atoms. The van der Waals surface area contributed by atoms with Gasteiger partial charge >= 0.3 is 0 Å². The number of rotatable bonds is 8. The summed E-state index contributed by atoms with van der Waals surface area (Å²) in [5.74, 6) is -0.0702. The van der Waals surface area contributed by atoms with Crippen LogP contribution in [0.3, 0.4) is 0 Å². The van der Waals surface area contributed by atoms with E-state index in [0.29, 0.717) is 11.6 Å². The van der Waals surface area contributed by atoms with Gasteiger partial charge in [-0.05, 0) is 74.4 Å². The van der Waals surface area contributed by atoms with Crippen molar-refractivity contribution in [3.05, 3.63) is 76.5 Å². The van der Waals surface area contributed by atoms with E-state index < -0.39 is 11.6 Å². The number of benzene rings is 2. The van der Waals surface area contributed by atoms with E-state index in [-0.39, 0.29) is 18.4 Å². The molecule has 2 aromatic carbocycles. The molecule has 2 unspecified atom stereocenters. The number of fused-ring (bicyclic) bond motifs is 1. The predicted octanol–water partition coefficient (Wildman–Crippen LogP) is 5.70. The Kier molecular flexibility index (Phi) is 7.54. The number of aromatic nitrogens is 3. The van der Waals surface area contributed by atoms with Crippen LogP contribution in [0.15, 0.2) is 66.0 Å². The van der Waals surface area contributed by atoms with Gasteiger partial charge in [-0.15, -0.1) is 16.4 Å². The zero-order valence-corrected chi connectivity index (χ0v) is 22.2. The van der Waals surface area contributed by atoms with E-state index in [2.05, 4.69) is 29.5 Å². The Balaban J connectivity index is 1.78. The molecule has 0 aliphatic rings. The Morgan fingerprint density at radius 2 is 1.78 bits per heavy atom. The van der Waals surface area contributed by atoms with Crippen LogP contribution in [-0.4, -0.2) is 32.3 Å². The van der Waals surface area contributed by atoms with E-state index in [9.17, 15) is 9.59 Å². The summed E-state index contributed by atoms with van der Waals surface area (Å²) in [7, 11) is 0. The van der Waals surface area contributed by atoms with Crippen LogP contribution in [0.2, 0.25) is 0 Å². The van der Waals surface area contributed by atoms with E-state index >= 15 is 0 Å². The van der Waals surface area contributed by atoms with Gasteiger partial charge in [0.15, 0.2) is 0 Å². The van der Waals surface area contributed by atoms with Crippen LogP contribution in [-0.2, 0) is 16.1 Å². The molecule has 0 aliphatic heterocycles. The molecule has 8 heteroatoms. The maximum atomic E-state index is 14.0. The molecule has 188 valence electrons. The maximum absolute atomic E-state index is 14.0. The van der Waals surface area contributed by atoms with Gasteiger partial charge in [-0.3, -0.25) is 14.5 Å². The first-order valence-electron chi connectivity index (χ1n) is 12.2. The predicted molar refractivity (Wildman–Crippen MR) is 145 cm³/mol. The van der Waals surface area contributed by atoms with Gasteiger partial charge in [-0.2, -0.15) is 0 Å². The van der Waals surface area contributed by atoms with Crippen molar-refractivity contribution in [2.45, 2.75) is 65.1 Å². The van der Waals surface area contributed by atoms with Crippen molar-refractivity contribution >= 4 is 39.9 Å². The molecule has 36 heavy (non-hydrogen) atoms. The minimum Gasteiger partial charge on any atom is -0.349 e. The number of hydrogen-bond donors (Lipinski definition) is 1. The average Bonchev–Trinajstić information content (AvgIpc) is 3.51. The third-order valence-corrected chi connectivity index (χ3v) is 7.07. The molecule has 2 amide bonds. The molecule has 0 saturated carbocycles. The maximum Gasteiger partial charge on any atom is 0.249 e. The molecule has 4 aromatic rings. The van der Waals surface area contributed by atoms with Gasteiger partial charge < -0.3 is 5.32 Å². The first-order chi connectivity index (χ1) is 17.2. The van der Waals surface area contributed by atoms with Crippen LogP contribution in [0.4, 0.5) is 5.69 Å². The minimum absolute atomic E-state index is 0.0434. The molecule has 0 saturated heterocycles. The summed E-state index contributed by atoms with van der Waals surface area (Å²) in [6, 6.07) is 18.5. The second-order valence-electron chi connectivity index (χ2n) is 10.1. The molecule has 0 aliphatic carbocycles. The van der Waals surface area contributed by atoms with Gasteiger partial charge in [0.05, 0.1) is 5.52 Å². The second kappa shape index (κ2) is 10.6. The third kappa shape index (κ3) is 5.65. The van der Waals surface area contributed by atoms with Crippen LogP contribution < -0.4 is 10.2 Å². The summed E-state index contributed by atoms with van der Waals surface area (Å²) < 4.78 is 1.59. The number of anilines is 1. The van der Waals surface area contributed by atoms with E-state index in [0.717, 1.165) is 22.3 Å².